The van der Waals surface area contributed by atoms with Crippen LogP contribution in [0.3, 0.4) is 0 Å². The maximum Gasteiger partial charge on any atom is 0.121 e. The first-order valence-corrected chi connectivity index (χ1v) is 12.7. The molecule has 0 fully saturated rings. The van der Waals surface area contributed by atoms with Crippen molar-refractivity contribution in [3.8, 4) is 0 Å². The number of aromatic nitrogens is 1. The Morgan fingerprint density at radius 2 is 1.42 bits per heavy atom. The van der Waals surface area contributed by atoms with E-state index < -0.39 is 0 Å². The van der Waals surface area contributed by atoms with Crippen molar-refractivity contribution < 1.29 is 0 Å². The van der Waals surface area contributed by atoms with Crippen LogP contribution < -0.4 is 0 Å². The average Bonchev–Trinajstić information content (AvgIpc) is 3.33. The van der Waals surface area contributed by atoms with Crippen LogP contribution in [0.15, 0.2) is 26.6 Å². The molecular formula is C18H24N4S4. The number of aliphatic imine (C=N–C) groups is 3. The smallest absolute Gasteiger partial charge is 0.121 e. The maximum atomic E-state index is 5.19. The van der Waals surface area contributed by atoms with Gasteiger partial charge in [-0.3, -0.25) is 15.0 Å². The summed E-state index contributed by atoms with van der Waals surface area (Å²) in [6.07, 6.45) is 1.87. The largest absolute Gasteiger partial charge is 0.268 e. The third kappa shape index (κ3) is 3.20. The summed E-state index contributed by atoms with van der Waals surface area (Å²) in [5.74, 6) is 3.39. The lowest BCUT2D eigenvalue weighted by atomic mass is 10.0. The fourth-order valence-electron chi connectivity index (χ4n) is 3.18. The van der Waals surface area contributed by atoms with Crippen LogP contribution in [-0.4, -0.2) is 48.5 Å². The van der Waals surface area contributed by atoms with Gasteiger partial charge in [0.2, 0.25) is 0 Å². The third-order valence-electron chi connectivity index (χ3n) is 4.84. The van der Waals surface area contributed by atoms with Gasteiger partial charge in [-0.15, -0.1) is 46.6 Å². The van der Waals surface area contributed by atoms with Crippen LogP contribution in [0, 0.1) is 5.92 Å². The minimum absolute atomic E-state index is 0.171. The van der Waals surface area contributed by atoms with Gasteiger partial charge >= 0.3 is 0 Å². The molecule has 4 rings (SSSR count). The van der Waals surface area contributed by atoms with Crippen molar-refractivity contribution in [3.05, 3.63) is 16.6 Å². The molecule has 4 heterocycles. The summed E-state index contributed by atoms with van der Waals surface area (Å²) in [5.41, 5.74) is -0.616. The molecule has 1 aromatic heterocycles. The summed E-state index contributed by atoms with van der Waals surface area (Å²) in [4.78, 5) is 19.8. The Labute approximate surface area is 172 Å². The summed E-state index contributed by atoms with van der Waals surface area (Å²) in [6.45, 7) is 11.1. The number of hydrogen-bond acceptors (Lipinski definition) is 8. The van der Waals surface area contributed by atoms with Crippen molar-refractivity contribution in [3.63, 3.8) is 0 Å². The molecule has 0 N–H and O–H groups in total. The quantitative estimate of drug-likeness (QED) is 0.685. The highest BCUT2D eigenvalue weighted by molar-refractivity contribution is 8.17. The van der Waals surface area contributed by atoms with E-state index in [0.29, 0.717) is 5.92 Å². The molecule has 0 spiro atoms. The molecular weight excluding hydrogens is 400 g/mol. The van der Waals surface area contributed by atoms with Crippen molar-refractivity contribution in [1.82, 2.24) is 4.98 Å². The minimum Gasteiger partial charge on any atom is -0.268 e. The second-order valence-corrected chi connectivity index (χ2v) is 11.8. The van der Waals surface area contributed by atoms with Gasteiger partial charge in [0.1, 0.15) is 21.6 Å². The van der Waals surface area contributed by atoms with Crippen molar-refractivity contribution >= 4 is 61.8 Å². The van der Waals surface area contributed by atoms with Gasteiger partial charge in [-0.05, 0) is 20.8 Å². The Kier molecular flexibility index (Phi) is 4.86. The number of rotatable bonds is 4. The van der Waals surface area contributed by atoms with Crippen molar-refractivity contribution in [1.29, 1.82) is 0 Å². The van der Waals surface area contributed by atoms with Gasteiger partial charge in [-0.25, -0.2) is 4.98 Å². The Morgan fingerprint density at radius 3 is 2.00 bits per heavy atom. The van der Waals surface area contributed by atoms with Crippen molar-refractivity contribution in [2.75, 3.05) is 17.3 Å². The molecule has 0 amide bonds. The van der Waals surface area contributed by atoms with Gasteiger partial charge in [-0.1, -0.05) is 13.8 Å². The van der Waals surface area contributed by atoms with Crippen molar-refractivity contribution in [2.45, 2.75) is 51.2 Å². The Morgan fingerprint density at radius 1 is 0.846 bits per heavy atom. The molecule has 8 heteroatoms. The topological polar surface area (TPSA) is 50.0 Å². The lowest BCUT2D eigenvalue weighted by molar-refractivity contribution is 0.568. The highest BCUT2D eigenvalue weighted by Gasteiger charge is 2.48. The van der Waals surface area contributed by atoms with E-state index in [0.717, 1.165) is 27.3 Å². The van der Waals surface area contributed by atoms with Gasteiger partial charge in [-0.2, -0.15) is 0 Å². The second-order valence-electron chi connectivity index (χ2n) is 7.96. The molecule has 0 bridgehead atoms. The fourth-order valence-corrected chi connectivity index (χ4v) is 8.06. The maximum absolute atomic E-state index is 5.19. The van der Waals surface area contributed by atoms with Crippen LogP contribution >= 0.6 is 46.6 Å². The first-order chi connectivity index (χ1) is 12.2. The van der Waals surface area contributed by atoms with Gasteiger partial charge < -0.3 is 0 Å². The van der Waals surface area contributed by atoms with E-state index in [9.17, 15) is 0 Å². The fraction of sp³-hybridized carbons (Fsp3) is 0.667. The summed E-state index contributed by atoms with van der Waals surface area (Å²) in [6, 6.07) is 0. The monoisotopic (exact) mass is 424 g/mol. The predicted molar refractivity (Wildman–Crippen MR) is 121 cm³/mol. The third-order valence-corrected chi connectivity index (χ3v) is 10.5. The van der Waals surface area contributed by atoms with Gasteiger partial charge in [0, 0.05) is 34.8 Å². The second kappa shape index (κ2) is 6.64. The molecule has 0 saturated heterocycles. The molecule has 3 aliphatic rings. The Balaban J connectivity index is 1.61. The molecule has 0 radical (unpaired) electrons. The van der Waals surface area contributed by atoms with Crippen LogP contribution in [0.5, 0.6) is 0 Å². The van der Waals surface area contributed by atoms with E-state index in [-0.39, 0.29) is 16.6 Å². The van der Waals surface area contributed by atoms with E-state index in [1.165, 1.54) is 10.1 Å². The van der Waals surface area contributed by atoms with Gasteiger partial charge in [0.15, 0.2) is 0 Å². The zero-order chi connectivity index (χ0) is 18.6. The molecule has 3 atom stereocenters. The van der Waals surface area contributed by atoms with Crippen LogP contribution in [-0.2, 0) is 5.54 Å². The summed E-state index contributed by atoms with van der Waals surface area (Å²) in [5, 5.41) is 6.72. The molecule has 26 heavy (non-hydrogen) atoms. The number of hydrogen-bond donors (Lipinski definition) is 0. The molecule has 0 unspecified atom stereocenters. The Hall–Kier alpha value is -0.310. The zero-order valence-electron chi connectivity index (χ0n) is 15.8. The highest BCUT2D eigenvalue weighted by Crippen LogP contribution is 2.46. The predicted octanol–water partition coefficient (Wildman–Crippen LogP) is 4.97. The normalized spacial score (nSPS) is 37.2. The first kappa shape index (κ1) is 19.0. The molecule has 1 aromatic rings. The average molecular weight is 425 g/mol. The number of thiazole rings is 1. The lowest BCUT2D eigenvalue weighted by Crippen LogP contribution is -2.33. The summed E-state index contributed by atoms with van der Waals surface area (Å²) >= 11 is 7.29. The molecule has 0 saturated carbocycles. The molecule has 3 aliphatic heterocycles. The van der Waals surface area contributed by atoms with Crippen molar-refractivity contribution in [2.24, 2.45) is 20.9 Å². The number of nitrogens with zero attached hydrogens (tertiary/aromatic N) is 4. The lowest BCUT2D eigenvalue weighted by Gasteiger charge is -2.21. The van der Waals surface area contributed by atoms with E-state index in [2.05, 4.69) is 39.6 Å². The minimum atomic E-state index is -0.233. The molecule has 0 aliphatic carbocycles. The molecule has 140 valence electrons. The van der Waals surface area contributed by atoms with E-state index >= 15 is 0 Å². The zero-order valence-corrected chi connectivity index (χ0v) is 19.0. The van der Waals surface area contributed by atoms with Gasteiger partial charge in [0.05, 0.1) is 15.1 Å². The van der Waals surface area contributed by atoms with E-state index in [4.69, 9.17) is 15.0 Å². The van der Waals surface area contributed by atoms with Crippen LogP contribution in [0.25, 0.3) is 0 Å². The standard InChI is InChI=1S/C18H24N4S4/c1-11(2)12-20-17(4,8-24-12)14-22-18(5,10-26-14)15-21-16(3,9-25-15)13-19-6-7-23-13/h6-7,11H,8-10H2,1-5H3/t16-,17+,18+/m1/s1. The van der Waals surface area contributed by atoms with Crippen LogP contribution in [0.1, 0.15) is 39.6 Å². The summed E-state index contributed by atoms with van der Waals surface area (Å²) in [7, 11) is 0. The molecule has 4 nitrogen and oxygen atoms in total. The molecule has 0 aromatic carbocycles. The number of thioether (sulfide) groups is 3. The van der Waals surface area contributed by atoms with Crippen LogP contribution in [0.4, 0.5) is 0 Å². The SMILES string of the molecule is CC(C)C1=N[C@](C)(C2=N[C@](C)(C3=N[C@@](C)(c4nccs4)CS3)CS2)CS1. The van der Waals surface area contributed by atoms with Crippen LogP contribution in [0.2, 0.25) is 0 Å². The van der Waals surface area contributed by atoms with E-state index in [1.54, 1.807) is 11.3 Å². The summed E-state index contributed by atoms with van der Waals surface area (Å²) < 4.78 is 0. The Bertz CT molecular complexity index is 800. The van der Waals surface area contributed by atoms with Gasteiger partial charge in [0.25, 0.3) is 0 Å². The highest BCUT2D eigenvalue weighted by atomic mass is 32.2. The van der Waals surface area contributed by atoms with E-state index in [1.807, 2.05) is 46.9 Å². The first-order valence-electron chi connectivity index (χ1n) is 8.83.